The number of thioether (sulfide) groups is 1. The summed E-state index contributed by atoms with van der Waals surface area (Å²) in [4.78, 5) is 4.37. The summed E-state index contributed by atoms with van der Waals surface area (Å²) < 4.78 is 0. The molecule has 0 saturated carbocycles. The van der Waals surface area contributed by atoms with Crippen molar-refractivity contribution in [1.82, 2.24) is 0 Å². The van der Waals surface area contributed by atoms with Crippen LogP contribution < -0.4 is 5.73 Å². The molecule has 0 bridgehead atoms. The molecule has 76 valence electrons. The summed E-state index contributed by atoms with van der Waals surface area (Å²) in [6.45, 7) is 6.52. The van der Waals surface area contributed by atoms with Crippen molar-refractivity contribution < 1.29 is 0 Å². The second-order valence-corrected chi connectivity index (χ2v) is 4.22. The van der Waals surface area contributed by atoms with E-state index in [-0.39, 0.29) is 0 Å². The molecule has 0 heterocycles. The van der Waals surface area contributed by atoms with Gasteiger partial charge in [-0.05, 0) is 18.6 Å². The van der Waals surface area contributed by atoms with Crippen LogP contribution in [0.2, 0.25) is 0 Å². The van der Waals surface area contributed by atoms with Crippen LogP contribution in [-0.4, -0.2) is 17.2 Å². The van der Waals surface area contributed by atoms with Gasteiger partial charge >= 0.3 is 0 Å². The Morgan fingerprint density at radius 1 is 1.54 bits per heavy atom. The maximum absolute atomic E-state index is 5.27. The number of nitrogens with two attached hydrogens (primary N) is 1. The third-order valence-electron chi connectivity index (χ3n) is 1.89. The number of hydrogen-bond acceptors (Lipinski definition) is 3. The lowest BCUT2D eigenvalue weighted by Gasteiger charge is -2.17. The Bertz CT molecular complexity index is 181. The third kappa shape index (κ3) is 4.36. The third-order valence-corrected chi connectivity index (χ3v) is 3.03. The molecule has 0 aromatic rings. The van der Waals surface area contributed by atoms with Gasteiger partial charge in [-0.15, -0.1) is 0 Å². The summed E-state index contributed by atoms with van der Waals surface area (Å²) in [5.41, 5.74) is 6.50. The Kier molecular flexibility index (Phi) is 6.77. The predicted octanol–water partition coefficient (Wildman–Crippen LogP) is 2.65. The van der Waals surface area contributed by atoms with Crippen LogP contribution in [0.4, 0.5) is 0 Å². The second kappa shape index (κ2) is 7.01. The quantitative estimate of drug-likeness (QED) is 0.693. The molecule has 0 aromatic heterocycles. The summed E-state index contributed by atoms with van der Waals surface area (Å²) in [6.07, 6.45) is 6.40. The Morgan fingerprint density at radius 3 is 2.46 bits per heavy atom. The number of hydrogen-bond donors (Lipinski definition) is 1. The van der Waals surface area contributed by atoms with Gasteiger partial charge in [0.2, 0.25) is 0 Å². The van der Waals surface area contributed by atoms with E-state index >= 15 is 0 Å². The lowest BCUT2D eigenvalue weighted by atomic mass is 10.0. The molecule has 13 heavy (non-hydrogen) atoms. The molecule has 2 nitrogen and oxygen atoms in total. The zero-order chi connectivity index (χ0) is 10.3. The standard InChI is InChI=1S/C10H20N2S/c1-5-9(13-4)10(8(2)3)12-7-6-11/h6-9H,5,11H2,1-4H3/b7-6-,12-10-. The van der Waals surface area contributed by atoms with Crippen molar-refractivity contribution in [1.29, 1.82) is 0 Å². The highest BCUT2D eigenvalue weighted by atomic mass is 32.2. The van der Waals surface area contributed by atoms with Crippen molar-refractivity contribution in [2.75, 3.05) is 6.26 Å². The smallest absolute Gasteiger partial charge is 0.0428 e. The van der Waals surface area contributed by atoms with Gasteiger partial charge < -0.3 is 5.73 Å². The van der Waals surface area contributed by atoms with Gasteiger partial charge in [0.1, 0.15) is 0 Å². The van der Waals surface area contributed by atoms with Gasteiger partial charge in [-0.3, -0.25) is 4.99 Å². The minimum atomic E-state index is 0.494. The Balaban J connectivity index is 4.57. The summed E-state index contributed by atoms with van der Waals surface area (Å²) in [6, 6.07) is 0. The minimum Gasteiger partial charge on any atom is -0.403 e. The highest BCUT2D eigenvalue weighted by molar-refractivity contribution is 7.99. The van der Waals surface area contributed by atoms with Crippen molar-refractivity contribution in [3.8, 4) is 0 Å². The van der Waals surface area contributed by atoms with Gasteiger partial charge in [-0.25, -0.2) is 0 Å². The van der Waals surface area contributed by atoms with E-state index in [1.165, 1.54) is 11.9 Å². The van der Waals surface area contributed by atoms with Crippen molar-refractivity contribution in [2.24, 2.45) is 16.6 Å². The Morgan fingerprint density at radius 2 is 2.15 bits per heavy atom. The highest BCUT2D eigenvalue weighted by Crippen LogP contribution is 2.17. The number of aliphatic imine (C=N–C) groups is 1. The second-order valence-electron chi connectivity index (χ2n) is 3.18. The lowest BCUT2D eigenvalue weighted by Crippen LogP contribution is -2.21. The van der Waals surface area contributed by atoms with Crippen LogP contribution in [0.1, 0.15) is 27.2 Å². The van der Waals surface area contributed by atoms with Crippen LogP contribution in [0.25, 0.3) is 0 Å². The lowest BCUT2D eigenvalue weighted by molar-refractivity contribution is 0.835. The molecule has 0 spiro atoms. The first-order valence-corrected chi connectivity index (χ1v) is 5.93. The summed E-state index contributed by atoms with van der Waals surface area (Å²) >= 11 is 1.85. The number of rotatable bonds is 5. The fourth-order valence-corrected chi connectivity index (χ4v) is 2.14. The van der Waals surface area contributed by atoms with E-state index in [0.29, 0.717) is 11.2 Å². The first kappa shape index (κ1) is 12.6. The van der Waals surface area contributed by atoms with E-state index in [1.807, 2.05) is 11.8 Å². The molecule has 0 aliphatic heterocycles. The maximum Gasteiger partial charge on any atom is 0.0428 e. The molecular formula is C10H20N2S. The summed E-state index contributed by atoms with van der Waals surface area (Å²) in [5.74, 6) is 0.494. The molecule has 0 rings (SSSR count). The Labute approximate surface area is 85.7 Å². The van der Waals surface area contributed by atoms with E-state index in [0.717, 1.165) is 6.42 Å². The molecular weight excluding hydrogens is 180 g/mol. The molecule has 0 amide bonds. The molecule has 1 unspecified atom stereocenters. The largest absolute Gasteiger partial charge is 0.403 e. The molecule has 3 heteroatoms. The molecule has 0 aromatic carbocycles. The van der Waals surface area contributed by atoms with Crippen LogP contribution in [0.5, 0.6) is 0 Å². The number of nitrogens with zero attached hydrogens (tertiary/aromatic N) is 1. The van der Waals surface area contributed by atoms with Crippen LogP contribution in [0.3, 0.4) is 0 Å². The molecule has 0 fully saturated rings. The fourth-order valence-electron chi connectivity index (χ4n) is 1.23. The molecule has 0 aliphatic carbocycles. The fraction of sp³-hybridized carbons (Fsp3) is 0.700. The predicted molar refractivity (Wildman–Crippen MR) is 63.2 cm³/mol. The SMILES string of the molecule is CCC(SC)/C(=N\C=C/N)C(C)C. The first-order valence-electron chi connectivity index (χ1n) is 4.64. The van der Waals surface area contributed by atoms with E-state index in [2.05, 4.69) is 32.0 Å². The van der Waals surface area contributed by atoms with E-state index < -0.39 is 0 Å². The van der Waals surface area contributed by atoms with Crippen molar-refractivity contribution in [3.63, 3.8) is 0 Å². The molecule has 0 saturated heterocycles. The summed E-state index contributed by atoms with van der Waals surface area (Å²) in [5, 5.41) is 0.524. The Hall–Kier alpha value is -0.440. The molecule has 0 radical (unpaired) electrons. The van der Waals surface area contributed by atoms with Gasteiger partial charge in [0.15, 0.2) is 0 Å². The van der Waals surface area contributed by atoms with Crippen molar-refractivity contribution >= 4 is 17.5 Å². The van der Waals surface area contributed by atoms with Gasteiger partial charge in [0.25, 0.3) is 0 Å². The van der Waals surface area contributed by atoms with Gasteiger partial charge in [0.05, 0.1) is 0 Å². The van der Waals surface area contributed by atoms with Crippen LogP contribution in [0.15, 0.2) is 17.4 Å². The topological polar surface area (TPSA) is 38.4 Å². The average Bonchev–Trinajstić information content (AvgIpc) is 2.11. The molecule has 0 aliphatic rings. The molecule has 2 N–H and O–H groups in total. The maximum atomic E-state index is 5.27. The van der Waals surface area contributed by atoms with E-state index in [4.69, 9.17) is 5.73 Å². The zero-order valence-electron chi connectivity index (χ0n) is 8.95. The summed E-state index contributed by atoms with van der Waals surface area (Å²) in [7, 11) is 0. The molecule has 1 atom stereocenters. The van der Waals surface area contributed by atoms with Gasteiger partial charge in [-0.2, -0.15) is 11.8 Å². The van der Waals surface area contributed by atoms with Gasteiger partial charge in [-0.1, -0.05) is 20.8 Å². The minimum absolute atomic E-state index is 0.494. The normalized spacial score (nSPS) is 15.6. The van der Waals surface area contributed by atoms with Crippen molar-refractivity contribution in [3.05, 3.63) is 12.4 Å². The van der Waals surface area contributed by atoms with Crippen molar-refractivity contribution in [2.45, 2.75) is 32.4 Å². The van der Waals surface area contributed by atoms with Crippen LogP contribution in [0, 0.1) is 5.92 Å². The van der Waals surface area contributed by atoms with E-state index in [9.17, 15) is 0 Å². The van der Waals surface area contributed by atoms with Gasteiger partial charge in [0, 0.05) is 23.4 Å². The zero-order valence-corrected chi connectivity index (χ0v) is 9.77. The van der Waals surface area contributed by atoms with Crippen LogP contribution >= 0.6 is 11.8 Å². The van der Waals surface area contributed by atoms with E-state index in [1.54, 1.807) is 6.20 Å². The monoisotopic (exact) mass is 200 g/mol. The van der Waals surface area contributed by atoms with Crippen LogP contribution in [-0.2, 0) is 0 Å². The first-order chi connectivity index (χ1) is 6.17. The average molecular weight is 200 g/mol. The highest BCUT2D eigenvalue weighted by Gasteiger charge is 2.15.